The molecule has 1 aromatic rings. The van der Waals surface area contributed by atoms with Gasteiger partial charge in [0.15, 0.2) is 17.3 Å². The fourth-order valence-corrected chi connectivity index (χ4v) is 6.88. The molecule has 0 spiro atoms. The number of phenols is 2. The molecule has 41 heavy (non-hydrogen) atoms. The number of carbonyl (C=O) groups excluding carboxylic acids is 3. The summed E-state index contributed by atoms with van der Waals surface area (Å²) in [5.41, 5.74) is -2.48. The standard InChI is InChI=1S/C33H44O8/c1-14(2)23(34)21-25(36)16(11-17-26(37)22(24(35)15(3)4)30(40)32(7,8)29(17)39)28-20(27(21)38)18-12-31(5,6)13-19(18)33(9,10)41-28/h14-15,18-19,36-39H,11-13H2,1-10H3. The van der Waals surface area contributed by atoms with Crippen molar-refractivity contribution in [2.24, 2.45) is 28.6 Å². The number of carbonyl (C=O) groups is 3. The fourth-order valence-electron chi connectivity index (χ4n) is 6.88. The number of aliphatic hydroxyl groups excluding tert-OH is 2. The molecular weight excluding hydrogens is 524 g/mol. The Hall–Kier alpha value is -3.29. The molecule has 2 unspecified atom stereocenters. The van der Waals surface area contributed by atoms with Crippen LogP contribution in [0, 0.1) is 28.6 Å². The van der Waals surface area contributed by atoms with E-state index in [0.717, 1.165) is 12.8 Å². The summed E-state index contributed by atoms with van der Waals surface area (Å²) in [6.45, 7) is 17.7. The molecular formula is C33H44O8. The van der Waals surface area contributed by atoms with Gasteiger partial charge in [0.25, 0.3) is 0 Å². The van der Waals surface area contributed by atoms with E-state index in [0.29, 0.717) is 5.56 Å². The Morgan fingerprint density at radius 2 is 1.44 bits per heavy atom. The highest BCUT2D eigenvalue weighted by Crippen LogP contribution is 2.63. The Morgan fingerprint density at radius 3 is 1.98 bits per heavy atom. The molecule has 1 saturated carbocycles. The van der Waals surface area contributed by atoms with Crippen LogP contribution in [0.2, 0.25) is 0 Å². The van der Waals surface area contributed by atoms with Crippen LogP contribution < -0.4 is 4.74 Å². The SMILES string of the molecule is CC(C)C(=O)C1=C(O)C(Cc2c(O)c(C(=O)C(C)C)c(O)c3c2OC(C)(C)C2CC(C)(C)CC32)=C(O)C(C)(C)C1=O. The van der Waals surface area contributed by atoms with E-state index < -0.39 is 63.0 Å². The van der Waals surface area contributed by atoms with E-state index in [2.05, 4.69) is 13.8 Å². The highest BCUT2D eigenvalue weighted by atomic mass is 16.5. The second-order valence-electron chi connectivity index (χ2n) is 14.5. The maximum absolute atomic E-state index is 13.4. The highest BCUT2D eigenvalue weighted by molar-refractivity contribution is 6.24. The minimum atomic E-state index is -1.52. The second-order valence-corrected chi connectivity index (χ2v) is 14.5. The van der Waals surface area contributed by atoms with Crippen molar-refractivity contribution in [2.45, 2.75) is 100 Å². The number of ether oxygens (including phenoxy) is 1. The van der Waals surface area contributed by atoms with Crippen molar-refractivity contribution in [1.82, 2.24) is 0 Å². The number of aliphatic hydroxyl groups is 2. The maximum atomic E-state index is 13.4. The number of allylic oxidation sites excluding steroid dienone is 3. The third kappa shape index (κ3) is 4.63. The third-order valence-corrected chi connectivity index (χ3v) is 9.28. The lowest BCUT2D eigenvalue weighted by Gasteiger charge is -2.43. The van der Waals surface area contributed by atoms with Crippen LogP contribution in [-0.2, 0) is 16.0 Å². The number of hydrogen-bond acceptors (Lipinski definition) is 8. The first-order valence-corrected chi connectivity index (χ1v) is 14.4. The minimum Gasteiger partial charge on any atom is -0.511 e. The van der Waals surface area contributed by atoms with E-state index in [1.165, 1.54) is 13.8 Å². The minimum absolute atomic E-state index is 0.0257. The Bertz CT molecular complexity index is 1420. The van der Waals surface area contributed by atoms with Gasteiger partial charge in [-0.15, -0.1) is 0 Å². The van der Waals surface area contributed by atoms with Gasteiger partial charge in [0.2, 0.25) is 0 Å². The number of phenolic OH excluding ortho intramolecular Hbond substituents is 2. The van der Waals surface area contributed by atoms with Gasteiger partial charge in [-0.05, 0) is 51.9 Å². The molecule has 0 saturated heterocycles. The maximum Gasteiger partial charge on any atom is 0.183 e. The summed E-state index contributed by atoms with van der Waals surface area (Å²) in [5.74, 6) is -4.72. The number of Topliss-reactive ketones (excluding diaryl/α,β-unsaturated/α-hetero) is 3. The Kier molecular flexibility index (Phi) is 7.20. The Labute approximate surface area is 242 Å². The van der Waals surface area contributed by atoms with Crippen LogP contribution in [0.15, 0.2) is 22.7 Å². The number of ketones is 3. The molecule has 4 rings (SSSR count). The summed E-state index contributed by atoms with van der Waals surface area (Å²) in [7, 11) is 0. The molecule has 8 heteroatoms. The van der Waals surface area contributed by atoms with Gasteiger partial charge in [-0.25, -0.2) is 0 Å². The van der Waals surface area contributed by atoms with E-state index in [9.17, 15) is 34.8 Å². The van der Waals surface area contributed by atoms with E-state index in [-0.39, 0.29) is 51.9 Å². The molecule has 1 aliphatic heterocycles. The zero-order chi connectivity index (χ0) is 31.1. The predicted molar refractivity (Wildman–Crippen MR) is 155 cm³/mol. The van der Waals surface area contributed by atoms with E-state index in [4.69, 9.17) is 4.74 Å². The van der Waals surface area contributed by atoms with Crippen LogP contribution in [0.1, 0.15) is 109 Å². The van der Waals surface area contributed by atoms with Crippen LogP contribution >= 0.6 is 0 Å². The van der Waals surface area contributed by atoms with Crippen molar-refractivity contribution >= 4 is 17.3 Å². The first kappa shape index (κ1) is 30.7. The lowest BCUT2D eigenvalue weighted by atomic mass is 9.71. The lowest BCUT2D eigenvalue weighted by Crippen LogP contribution is -2.43. The van der Waals surface area contributed by atoms with Gasteiger partial charge in [-0.2, -0.15) is 0 Å². The van der Waals surface area contributed by atoms with E-state index in [1.54, 1.807) is 27.7 Å². The van der Waals surface area contributed by atoms with E-state index >= 15 is 0 Å². The monoisotopic (exact) mass is 568 g/mol. The average molecular weight is 569 g/mol. The molecule has 1 heterocycles. The van der Waals surface area contributed by atoms with Crippen LogP contribution in [0.3, 0.4) is 0 Å². The molecule has 3 aliphatic rings. The van der Waals surface area contributed by atoms with Gasteiger partial charge in [0.1, 0.15) is 45.5 Å². The van der Waals surface area contributed by atoms with Crippen LogP contribution in [-0.4, -0.2) is 43.4 Å². The number of fused-ring (bicyclic) bond motifs is 3. The van der Waals surface area contributed by atoms with Crippen molar-refractivity contribution in [3.05, 3.63) is 39.4 Å². The molecule has 8 nitrogen and oxygen atoms in total. The molecule has 0 amide bonds. The summed E-state index contributed by atoms with van der Waals surface area (Å²) in [5, 5.41) is 45.8. The predicted octanol–water partition coefficient (Wildman–Crippen LogP) is 6.63. The van der Waals surface area contributed by atoms with Crippen molar-refractivity contribution in [3.63, 3.8) is 0 Å². The van der Waals surface area contributed by atoms with Crippen LogP contribution in [0.25, 0.3) is 0 Å². The fraction of sp³-hybridized carbons (Fsp3) is 0.606. The Morgan fingerprint density at radius 1 is 0.878 bits per heavy atom. The quantitative estimate of drug-likeness (QED) is 0.221. The number of hydrogen-bond donors (Lipinski definition) is 4. The van der Waals surface area contributed by atoms with Crippen molar-refractivity contribution in [2.75, 3.05) is 0 Å². The molecule has 0 radical (unpaired) electrons. The van der Waals surface area contributed by atoms with Crippen molar-refractivity contribution in [1.29, 1.82) is 0 Å². The molecule has 4 N–H and O–H groups in total. The molecule has 0 aromatic heterocycles. The van der Waals surface area contributed by atoms with Crippen molar-refractivity contribution in [3.8, 4) is 17.2 Å². The molecule has 2 atom stereocenters. The summed E-state index contributed by atoms with van der Waals surface area (Å²) in [4.78, 5) is 39.7. The van der Waals surface area contributed by atoms with Crippen molar-refractivity contribution < 1.29 is 39.5 Å². The molecule has 1 fully saturated rings. The second kappa shape index (κ2) is 9.63. The van der Waals surface area contributed by atoms with Gasteiger partial charge < -0.3 is 25.2 Å². The molecule has 0 bridgehead atoms. The first-order valence-electron chi connectivity index (χ1n) is 14.4. The van der Waals surface area contributed by atoms with Gasteiger partial charge >= 0.3 is 0 Å². The highest BCUT2D eigenvalue weighted by Gasteiger charge is 2.54. The van der Waals surface area contributed by atoms with Gasteiger partial charge in [0.05, 0.1) is 5.41 Å². The first-order chi connectivity index (χ1) is 18.7. The topological polar surface area (TPSA) is 141 Å². The largest absolute Gasteiger partial charge is 0.511 e. The summed E-state index contributed by atoms with van der Waals surface area (Å²) < 4.78 is 6.55. The zero-order valence-electron chi connectivity index (χ0n) is 25.9. The summed E-state index contributed by atoms with van der Waals surface area (Å²) >= 11 is 0. The van der Waals surface area contributed by atoms with E-state index in [1.807, 2.05) is 13.8 Å². The Balaban J connectivity index is 2.05. The summed E-state index contributed by atoms with van der Waals surface area (Å²) in [6, 6.07) is 0. The third-order valence-electron chi connectivity index (χ3n) is 9.28. The van der Waals surface area contributed by atoms with Gasteiger partial charge in [-0.1, -0.05) is 41.5 Å². The zero-order valence-corrected chi connectivity index (χ0v) is 25.9. The number of benzene rings is 1. The molecule has 1 aromatic carbocycles. The van der Waals surface area contributed by atoms with Gasteiger partial charge in [0, 0.05) is 40.9 Å². The summed E-state index contributed by atoms with van der Waals surface area (Å²) in [6.07, 6.45) is 1.21. The smallest absolute Gasteiger partial charge is 0.183 e. The number of aromatic hydroxyl groups is 2. The molecule has 224 valence electrons. The normalized spacial score (nSPS) is 24.4. The number of rotatable bonds is 6. The average Bonchev–Trinajstić information content (AvgIpc) is 3.18. The van der Waals surface area contributed by atoms with Crippen LogP contribution in [0.4, 0.5) is 0 Å². The van der Waals surface area contributed by atoms with Crippen LogP contribution in [0.5, 0.6) is 17.2 Å². The van der Waals surface area contributed by atoms with Gasteiger partial charge in [-0.3, -0.25) is 14.4 Å². The molecule has 2 aliphatic carbocycles. The lowest BCUT2D eigenvalue weighted by molar-refractivity contribution is -0.128.